The number of benzene rings is 2. The van der Waals surface area contributed by atoms with Gasteiger partial charge in [0.2, 0.25) is 17.7 Å². The van der Waals surface area contributed by atoms with Crippen molar-refractivity contribution in [3.63, 3.8) is 0 Å². The molecule has 3 amide bonds. The summed E-state index contributed by atoms with van der Waals surface area (Å²) in [5.41, 5.74) is 6.41. The first-order valence-corrected chi connectivity index (χ1v) is 12.6. The SMILES string of the molecule is N#Cc1cccc(N2C[C@H](NC(=O)C(CCC(F)(F)F)C(CCC(F)(F)F)C(N)=O)C(=O)Nc3c(Cl)cccc32)c1. The molecule has 41 heavy (non-hydrogen) atoms. The largest absolute Gasteiger partial charge is 0.389 e. The van der Waals surface area contributed by atoms with Gasteiger partial charge in [0.15, 0.2) is 0 Å². The van der Waals surface area contributed by atoms with Crippen LogP contribution in [0.25, 0.3) is 0 Å². The predicted octanol–water partition coefficient (Wildman–Crippen LogP) is 5.19. The zero-order valence-corrected chi connectivity index (χ0v) is 21.9. The number of carbonyl (C=O) groups is 3. The Morgan fingerprint density at radius 1 is 1.07 bits per heavy atom. The highest BCUT2D eigenvalue weighted by atomic mass is 35.5. The van der Waals surface area contributed by atoms with Crippen LogP contribution in [0.4, 0.5) is 43.4 Å². The van der Waals surface area contributed by atoms with Gasteiger partial charge in [-0.1, -0.05) is 23.7 Å². The van der Waals surface area contributed by atoms with Crippen LogP contribution in [-0.4, -0.2) is 42.7 Å². The van der Waals surface area contributed by atoms with Crippen LogP contribution in [-0.2, 0) is 14.4 Å². The lowest BCUT2D eigenvalue weighted by atomic mass is 9.83. The average Bonchev–Trinajstić information content (AvgIpc) is 3.01. The molecule has 220 valence electrons. The van der Waals surface area contributed by atoms with Crippen molar-refractivity contribution in [3.8, 4) is 6.07 Å². The van der Waals surface area contributed by atoms with E-state index in [0.29, 0.717) is 11.4 Å². The summed E-state index contributed by atoms with van der Waals surface area (Å²) in [6.45, 7) is -0.310. The Morgan fingerprint density at radius 2 is 1.68 bits per heavy atom. The molecule has 0 bridgehead atoms. The second-order valence-corrected chi connectivity index (χ2v) is 9.79. The molecular formula is C26H24ClF6N5O3. The molecule has 1 heterocycles. The van der Waals surface area contributed by atoms with Crippen LogP contribution < -0.4 is 21.3 Å². The standard InChI is InChI=1S/C26H24ClF6N5O3/c27-18-5-2-6-20-21(18)37-24(41)19(13-38(20)15-4-1-3-14(11-15)12-34)36-23(40)17(8-10-26(31,32)33)16(22(35)39)7-9-25(28,29)30/h1-6,11,16-17,19H,7-10,13H2,(H2,35,39)(H,36,40)(H,37,41)/t16?,17?,19-/m0/s1. The Labute approximate surface area is 235 Å². The second-order valence-electron chi connectivity index (χ2n) is 9.38. The number of hydrogen-bond acceptors (Lipinski definition) is 5. The molecule has 3 rings (SSSR count). The van der Waals surface area contributed by atoms with Gasteiger partial charge in [0.05, 0.1) is 34.6 Å². The molecule has 8 nitrogen and oxygen atoms in total. The van der Waals surface area contributed by atoms with E-state index in [-0.39, 0.29) is 22.8 Å². The number of carbonyl (C=O) groups excluding carboxylic acids is 3. The van der Waals surface area contributed by atoms with Crippen molar-refractivity contribution in [3.05, 3.63) is 53.1 Å². The Morgan fingerprint density at radius 3 is 2.27 bits per heavy atom. The minimum atomic E-state index is -4.79. The van der Waals surface area contributed by atoms with E-state index in [1.54, 1.807) is 24.3 Å². The molecule has 2 aromatic rings. The van der Waals surface area contributed by atoms with Gasteiger partial charge in [-0.05, 0) is 43.2 Å². The maximum absolute atomic E-state index is 13.3. The van der Waals surface area contributed by atoms with Crippen LogP contribution in [0, 0.1) is 23.2 Å². The zero-order chi connectivity index (χ0) is 30.5. The van der Waals surface area contributed by atoms with Crippen LogP contribution in [0.5, 0.6) is 0 Å². The molecule has 4 N–H and O–H groups in total. The van der Waals surface area contributed by atoms with Crippen molar-refractivity contribution in [2.24, 2.45) is 17.6 Å². The molecule has 0 saturated carbocycles. The molecule has 1 aliphatic rings. The highest BCUT2D eigenvalue weighted by molar-refractivity contribution is 6.34. The number of nitrogens with zero attached hydrogens (tertiary/aromatic N) is 2. The summed E-state index contributed by atoms with van der Waals surface area (Å²) >= 11 is 6.30. The van der Waals surface area contributed by atoms with Crippen molar-refractivity contribution < 1.29 is 40.7 Å². The molecule has 0 saturated heterocycles. The molecule has 0 radical (unpaired) electrons. The number of nitrogens with two attached hydrogens (primary N) is 1. The predicted molar refractivity (Wildman–Crippen MR) is 137 cm³/mol. The van der Waals surface area contributed by atoms with Gasteiger partial charge in [0.1, 0.15) is 6.04 Å². The van der Waals surface area contributed by atoms with Crippen LogP contribution >= 0.6 is 11.6 Å². The Kier molecular flexibility index (Phi) is 9.75. The summed E-state index contributed by atoms with van der Waals surface area (Å²) in [5.74, 6) is -7.25. The molecule has 15 heteroatoms. The van der Waals surface area contributed by atoms with Crippen LogP contribution in [0.15, 0.2) is 42.5 Å². The number of rotatable bonds is 9. The van der Waals surface area contributed by atoms with E-state index >= 15 is 0 Å². The highest BCUT2D eigenvalue weighted by Gasteiger charge is 2.41. The molecule has 0 fully saturated rings. The lowest BCUT2D eigenvalue weighted by molar-refractivity contribution is -0.152. The molecule has 0 aliphatic carbocycles. The highest BCUT2D eigenvalue weighted by Crippen LogP contribution is 2.39. The third kappa shape index (κ3) is 8.50. The van der Waals surface area contributed by atoms with E-state index < -0.39 is 73.6 Å². The number of halogens is 7. The van der Waals surface area contributed by atoms with E-state index in [9.17, 15) is 46.0 Å². The topological polar surface area (TPSA) is 128 Å². The smallest absolute Gasteiger partial charge is 0.369 e. The molecule has 1 aliphatic heterocycles. The summed E-state index contributed by atoms with van der Waals surface area (Å²) < 4.78 is 77.8. The van der Waals surface area contributed by atoms with Crippen molar-refractivity contribution in [1.82, 2.24) is 5.32 Å². The van der Waals surface area contributed by atoms with Gasteiger partial charge >= 0.3 is 12.4 Å². The number of amides is 3. The minimum Gasteiger partial charge on any atom is -0.369 e. The second kappa shape index (κ2) is 12.7. The number of hydrogen-bond donors (Lipinski definition) is 3. The molecule has 2 aromatic carbocycles. The zero-order valence-electron chi connectivity index (χ0n) is 21.2. The minimum absolute atomic E-state index is 0.119. The first-order valence-electron chi connectivity index (χ1n) is 12.2. The molecule has 0 aromatic heterocycles. The number of primary amides is 1. The number of nitrogens with one attached hydrogen (secondary N) is 2. The number of fused-ring (bicyclic) bond motifs is 1. The fourth-order valence-corrected chi connectivity index (χ4v) is 4.73. The van der Waals surface area contributed by atoms with E-state index in [0.717, 1.165) is 0 Å². The van der Waals surface area contributed by atoms with Crippen LogP contribution in [0.3, 0.4) is 0 Å². The summed E-state index contributed by atoms with van der Waals surface area (Å²) in [7, 11) is 0. The van der Waals surface area contributed by atoms with Gasteiger partial charge in [0.25, 0.3) is 0 Å². The molecule has 2 unspecified atom stereocenters. The van der Waals surface area contributed by atoms with Crippen molar-refractivity contribution in [1.29, 1.82) is 5.26 Å². The molecule has 0 spiro atoms. The maximum Gasteiger partial charge on any atom is 0.389 e. The Hall–Kier alpha value is -3.99. The summed E-state index contributed by atoms with van der Waals surface area (Å²) in [5, 5.41) is 14.3. The maximum atomic E-state index is 13.3. The average molecular weight is 604 g/mol. The first kappa shape index (κ1) is 31.5. The van der Waals surface area contributed by atoms with Crippen molar-refractivity contribution in [2.75, 3.05) is 16.8 Å². The van der Waals surface area contributed by atoms with Crippen molar-refractivity contribution in [2.45, 2.75) is 44.1 Å². The van der Waals surface area contributed by atoms with E-state index in [1.807, 2.05) is 6.07 Å². The van der Waals surface area contributed by atoms with Gasteiger partial charge in [-0.2, -0.15) is 31.6 Å². The van der Waals surface area contributed by atoms with Gasteiger partial charge in [-0.25, -0.2) is 0 Å². The molecule has 3 atom stereocenters. The summed E-state index contributed by atoms with van der Waals surface area (Å²) in [6, 6.07) is 11.4. The van der Waals surface area contributed by atoms with E-state index in [2.05, 4.69) is 10.6 Å². The fraction of sp³-hybridized carbons (Fsp3) is 0.385. The summed E-state index contributed by atoms with van der Waals surface area (Å²) in [4.78, 5) is 40.1. The summed E-state index contributed by atoms with van der Waals surface area (Å²) in [6.07, 6.45) is -14.7. The number of nitriles is 1. The van der Waals surface area contributed by atoms with Crippen LogP contribution in [0.2, 0.25) is 5.02 Å². The van der Waals surface area contributed by atoms with Gasteiger partial charge in [-0.3, -0.25) is 14.4 Å². The lowest BCUT2D eigenvalue weighted by Crippen LogP contribution is -2.52. The quantitative estimate of drug-likeness (QED) is 0.340. The first-order chi connectivity index (χ1) is 19.1. The Balaban J connectivity index is 1.98. The van der Waals surface area contributed by atoms with Gasteiger partial charge in [-0.15, -0.1) is 0 Å². The van der Waals surface area contributed by atoms with E-state index in [1.165, 1.54) is 23.1 Å². The van der Waals surface area contributed by atoms with Crippen molar-refractivity contribution >= 4 is 46.4 Å². The number of para-hydroxylation sites is 1. The molecular weight excluding hydrogens is 580 g/mol. The van der Waals surface area contributed by atoms with E-state index in [4.69, 9.17) is 17.3 Å². The van der Waals surface area contributed by atoms with Gasteiger partial charge < -0.3 is 21.3 Å². The van der Waals surface area contributed by atoms with Crippen LogP contribution in [0.1, 0.15) is 31.2 Å². The number of alkyl halides is 6. The van der Waals surface area contributed by atoms with Gasteiger partial charge in [0, 0.05) is 30.4 Å². The fourth-order valence-electron chi connectivity index (χ4n) is 4.51. The normalized spacial score (nSPS) is 17.0. The third-order valence-electron chi connectivity index (χ3n) is 6.48. The number of anilines is 3. The lowest BCUT2D eigenvalue weighted by Gasteiger charge is -2.29. The third-order valence-corrected chi connectivity index (χ3v) is 6.80. The monoisotopic (exact) mass is 603 g/mol. The Bertz CT molecular complexity index is 1340.